The molecule has 0 aliphatic carbocycles. The molecule has 1 amide bonds. The Kier molecular flexibility index (Phi) is 4.74. The predicted octanol–water partition coefficient (Wildman–Crippen LogP) is 2.35. The number of tetrazole rings is 1. The molecule has 7 nitrogen and oxygen atoms in total. The van der Waals surface area contributed by atoms with Gasteiger partial charge in [-0.2, -0.15) is 4.80 Å². The maximum Gasteiger partial charge on any atom is 0.248 e. The number of anilines is 2. The highest BCUT2D eigenvalue weighted by Crippen LogP contribution is 2.18. The molecule has 7 heteroatoms. The predicted molar refractivity (Wildman–Crippen MR) is 97.4 cm³/mol. The number of aryl methyl sites for hydroxylation is 1. The lowest BCUT2D eigenvalue weighted by molar-refractivity contribution is -0.117. The van der Waals surface area contributed by atoms with Crippen LogP contribution in [0.4, 0.5) is 11.4 Å². The summed E-state index contributed by atoms with van der Waals surface area (Å²) in [5.74, 6) is 0.301. The fourth-order valence-electron chi connectivity index (χ4n) is 2.37. The van der Waals surface area contributed by atoms with E-state index in [1.54, 1.807) is 0 Å². The van der Waals surface area contributed by atoms with Gasteiger partial charge in [-0.25, -0.2) is 0 Å². The summed E-state index contributed by atoms with van der Waals surface area (Å²) in [6.45, 7) is 1.95. The van der Waals surface area contributed by atoms with E-state index in [0.29, 0.717) is 5.82 Å². The molecular weight excluding hydrogens is 316 g/mol. The summed E-state index contributed by atoms with van der Waals surface area (Å²) >= 11 is 0. The van der Waals surface area contributed by atoms with Crippen molar-refractivity contribution in [2.45, 2.75) is 13.5 Å². The topological polar surface area (TPSA) is 75.9 Å². The van der Waals surface area contributed by atoms with Crippen LogP contribution in [0.5, 0.6) is 0 Å². The van der Waals surface area contributed by atoms with E-state index in [0.717, 1.165) is 22.5 Å². The minimum absolute atomic E-state index is 0.0110. The first kappa shape index (κ1) is 16.6. The molecule has 3 aromatic rings. The molecule has 2 aromatic carbocycles. The molecule has 0 atom stereocenters. The quantitative estimate of drug-likeness (QED) is 0.774. The maximum atomic E-state index is 12.2. The summed E-state index contributed by atoms with van der Waals surface area (Å²) in [6, 6.07) is 15.5. The Bertz CT molecular complexity index is 869. The minimum atomic E-state index is -0.193. The normalized spacial score (nSPS) is 10.5. The number of nitrogens with zero attached hydrogens (tertiary/aromatic N) is 5. The molecule has 0 aliphatic heterocycles. The van der Waals surface area contributed by atoms with Crippen molar-refractivity contribution < 1.29 is 4.79 Å². The summed E-state index contributed by atoms with van der Waals surface area (Å²) in [5, 5.41) is 15.1. The zero-order valence-electron chi connectivity index (χ0n) is 14.5. The number of rotatable bonds is 5. The first-order valence-corrected chi connectivity index (χ1v) is 7.94. The highest BCUT2D eigenvalue weighted by Gasteiger charge is 2.10. The number of nitrogens with one attached hydrogen (secondary N) is 1. The standard InChI is InChI=1S/C18H20N6O/c1-13-6-4-5-7-16(13)19-17(25)12-24-21-18(20-22-24)14-8-10-15(11-9-14)23(2)3/h4-11H,12H2,1-3H3,(H,19,25). The van der Waals surface area contributed by atoms with Crippen molar-refractivity contribution in [3.05, 3.63) is 54.1 Å². The van der Waals surface area contributed by atoms with Gasteiger partial charge in [0, 0.05) is 31.0 Å². The van der Waals surface area contributed by atoms with Crippen LogP contribution < -0.4 is 10.2 Å². The van der Waals surface area contributed by atoms with E-state index in [4.69, 9.17) is 0 Å². The Labute approximate surface area is 146 Å². The van der Waals surface area contributed by atoms with E-state index in [-0.39, 0.29) is 12.5 Å². The van der Waals surface area contributed by atoms with Gasteiger partial charge in [0.15, 0.2) is 0 Å². The van der Waals surface area contributed by atoms with Gasteiger partial charge in [-0.05, 0) is 48.0 Å². The van der Waals surface area contributed by atoms with Crippen LogP contribution in [0, 0.1) is 6.92 Å². The molecule has 0 saturated heterocycles. The average molecular weight is 336 g/mol. The molecule has 0 spiro atoms. The molecule has 3 rings (SSSR count). The Morgan fingerprint density at radius 2 is 1.84 bits per heavy atom. The van der Waals surface area contributed by atoms with Crippen LogP contribution in [-0.2, 0) is 11.3 Å². The molecule has 25 heavy (non-hydrogen) atoms. The fraction of sp³-hybridized carbons (Fsp3) is 0.222. The van der Waals surface area contributed by atoms with Crippen LogP contribution in [0.3, 0.4) is 0 Å². The first-order valence-electron chi connectivity index (χ1n) is 7.94. The summed E-state index contributed by atoms with van der Waals surface area (Å²) in [5.41, 5.74) is 3.74. The van der Waals surface area contributed by atoms with Gasteiger partial charge in [0.2, 0.25) is 11.7 Å². The van der Waals surface area contributed by atoms with E-state index in [9.17, 15) is 4.79 Å². The average Bonchev–Trinajstić information content (AvgIpc) is 3.05. The minimum Gasteiger partial charge on any atom is -0.378 e. The molecule has 128 valence electrons. The van der Waals surface area contributed by atoms with Crippen molar-refractivity contribution in [1.82, 2.24) is 20.2 Å². The van der Waals surface area contributed by atoms with Crippen LogP contribution >= 0.6 is 0 Å². The molecule has 0 radical (unpaired) electrons. The van der Waals surface area contributed by atoms with Crippen molar-refractivity contribution in [2.75, 3.05) is 24.3 Å². The molecule has 0 fully saturated rings. The summed E-state index contributed by atoms with van der Waals surface area (Å²) in [4.78, 5) is 15.5. The zero-order valence-corrected chi connectivity index (χ0v) is 14.5. The third kappa shape index (κ3) is 4.00. The molecule has 1 N–H and O–H groups in total. The first-order chi connectivity index (χ1) is 12.0. The van der Waals surface area contributed by atoms with Crippen LogP contribution in [-0.4, -0.2) is 40.2 Å². The van der Waals surface area contributed by atoms with Crippen molar-refractivity contribution in [3.63, 3.8) is 0 Å². The van der Waals surface area contributed by atoms with E-state index < -0.39 is 0 Å². The maximum absolute atomic E-state index is 12.2. The Hall–Kier alpha value is -3.22. The monoisotopic (exact) mass is 336 g/mol. The number of aromatic nitrogens is 4. The van der Waals surface area contributed by atoms with E-state index in [1.807, 2.05) is 74.4 Å². The Balaban J connectivity index is 1.67. The fourth-order valence-corrected chi connectivity index (χ4v) is 2.37. The van der Waals surface area contributed by atoms with Gasteiger partial charge in [0.05, 0.1) is 0 Å². The zero-order chi connectivity index (χ0) is 17.8. The third-order valence-electron chi connectivity index (χ3n) is 3.80. The van der Waals surface area contributed by atoms with Crippen molar-refractivity contribution in [3.8, 4) is 11.4 Å². The number of hydrogen-bond donors (Lipinski definition) is 1. The molecule has 0 saturated carbocycles. The van der Waals surface area contributed by atoms with Gasteiger partial charge in [-0.3, -0.25) is 4.79 Å². The van der Waals surface area contributed by atoms with Gasteiger partial charge in [0.25, 0.3) is 0 Å². The lowest BCUT2D eigenvalue weighted by Crippen LogP contribution is -2.20. The van der Waals surface area contributed by atoms with Crippen LogP contribution in [0.25, 0.3) is 11.4 Å². The Morgan fingerprint density at radius 3 is 2.52 bits per heavy atom. The van der Waals surface area contributed by atoms with Crippen molar-refractivity contribution in [1.29, 1.82) is 0 Å². The SMILES string of the molecule is Cc1ccccc1NC(=O)Cn1nnc(-c2ccc(N(C)C)cc2)n1. The van der Waals surface area contributed by atoms with Gasteiger partial charge >= 0.3 is 0 Å². The smallest absolute Gasteiger partial charge is 0.248 e. The molecule has 0 unspecified atom stereocenters. The molecular formula is C18H20N6O. The van der Waals surface area contributed by atoms with Gasteiger partial charge < -0.3 is 10.2 Å². The van der Waals surface area contributed by atoms with Crippen LogP contribution in [0.2, 0.25) is 0 Å². The second-order valence-corrected chi connectivity index (χ2v) is 5.95. The number of carbonyl (C=O) groups excluding carboxylic acids is 1. The van der Waals surface area contributed by atoms with E-state index in [1.165, 1.54) is 4.80 Å². The van der Waals surface area contributed by atoms with Crippen molar-refractivity contribution in [2.24, 2.45) is 0 Å². The highest BCUT2D eigenvalue weighted by atomic mass is 16.2. The molecule has 0 bridgehead atoms. The molecule has 1 heterocycles. The summed E-state index contributed by atoms with van der Waals surface area (Å²) in [6.07, 6.45) is 0. The summed E-state index contributed by atoms with van der Waals surface area (Å²) < 4.78 is 0. The number of para-hydroxylation sites is 1. The molecule has 0 aliphatic rings. The number of benzene rings is 2. The second-order valence-electron chi connectivity index (χ2n) is 5.95. The Morgan fingerprint density at radius 1 is 1.12 bits per heavy atom. The van der Waals surface area contributed by atoms with Crippen molar-refractivity contribution >= 4 is 17.3 Å². The number of amides is 1. The van der Waals surface area contributed by atoms with Crippen LogP contribution in [0.15, 0.2) is 48.5 Å². The van der Waals surface area contributed by atoms with E-state index in [2.05, 4.69) is 20.7 Å². The van der Waals surface area contributed by atoms with Crippen LogP contribution in [0.1, 0.15) is 5.56 Å². The summed E-state index contributed by atoms with van der Waals surface area (Å²) in [7, 11) is 3.97. The third-order valence-corrected chi connectivity index (χ3v) is 3.80. The largest absolute Gasteiger partial charge is 0.378 e. The van der Waals surface area contributed by atoms with E-state index >= 15 is 0 Å². The second kappa shape index (κ2) is 7.12. The molecule has 1 aromatic heterocycles. The highest BCUT2D eigenvalue weighted by molar-refractivity contribution is 5.91. The number of carbonyl (C=O) groups is 1. The number of hydrogen-bond acceptors (Lipinski definition) is 5. The van der Waals surface area contributed by atoms with Gasteiger partial charge in [0.1, 0.15) is 6.54 Å². The van der Waals surface area contributed by atoms with Gasteiger partial charge in [-0.1, -0.05) is 18.2 Å². The lowest BCUT2D eigenvalue weighted by Gasteiger charge is -2.11. The van der Waals surface area contributed by atoms with Gasteiger partial charge in [-0.15, -0.1) is 10.2 Å². The lowest BCUT2D eigenvalue weighted by atomic mass is 10.2.